The molecule has 0 aliphatic carbocycles. The summed E-state index contributed by atoms with van der Waals surface area (Å²) in [5.41, 5.74) is 1.37. The minimum atomic E-state index is -1.46. The number of hydrogen-bond donors (Lipinski definition) is 0. The summed E-state index contributed by atoms with van der Waals surface area (Å²) in [4.78, 5) is 36.3. The van der Waals surface area contributed by atoms with E-state index in [1.54, 1.807) is 54.6 Å². The number of rotatable bonds is 5. The molecule has 1 saturated heterocycles. The molecular weight excluding hydrogens is 322 g/mol. The van der Waals surface area contributed by atoms with E-state index >= 15 is 0 Å². The average Bonchev–Trinajstić information content (AvgIpc) is 2.88. The zero-order valence-corrected chi connectivity index (χ0v) is 13.1. The van der Waals surface area contributed by atoms with Gasteiger partial charge in [-0.15, -0.1) is 0 Å². The summed E-state index contributed by atoms with van der Waals surface area (Å²) in [5.74, 6) is -3.71. The summed E-state index contributed by atoms with van der Waals surface area (Å²) in [5, 5.41) is 11.6. The first-order valence-corrected chi connectivity index (χ1v) is 7.63. The van der Waals surface area contributed by atoms with Crippen LogP contribution in [0.25, 0.3) is 6.08 Å². The highest BCUT2D eigenvalue weighted by Gasteiger charge is 2.41. The maximum absolute atomic E-state index is 12.2. The molecule has 126 valence electrons. The number of esters is 1. The van der Waals surface area contributed by atoms with Crippen LogP contribution >= 0.6 is 0 Å². The fraction of sp³-hybridized carbons (Fsp3) is 0.105. The number of hydrogen-bond acceptors (Lipinski definition) is 5. The van der Waals surface area contributed by atoms with Gasteiger partial charge in [0.2, 0.25) is 5.88 Å². The highest BCUT2D eigenvalue weighted by atomic mass is 16.6. The van der Waals surface area contributed by atoms with E-state index in [1.165, 1.54) is 6.08 Å². The number of aliphatic carboxylic acids is 1. The number of ether oxygens (including phenoxy) is 1. The average molecular weight is 336 g/mol. The van der Waals surface area contributed by atoms with Crippen molar-refractivity contribution in [2.75, 3.05) is 0 Å². The van der Waals surface area contributed by atoms with E-state index in [-0.39, 0.29) is 12.3 Å². The van der Waals surface area contributed by atoms with Crippen molar-refractivity contribution < 1.29 is 24.2 Å². The molecular formula is C19H14NO5-. The molecule has 3 rings (SSSR count). The van der Waals surface area contributed by atoms with Crippen molar-refractivity contribution in [1.29, 1.82) is 0 Å². The van der Waals surface area contributed by atoms with Gasteiger partial charge in [0.05, 0.1) is 12.0 Å². The Morgan fingerprint density at radius 2 is 1.64 bits per heavy atom. The Hall–Kier alpha value is -3.41. The number of carboxylic acids is 1. The molecule has 25 heavy (non-hydrogen) atoms. The quantitative estimate of drug-likeness (QED) is 0.593. The fourth-order valence-electron chi connectivity index (χ4n) is 2.59. The normalized spacial score (nSPS) is 16.8. The topological polar surface area (TPSA) is 86.7 Å². The lowest BCUT2D eigenvalue weighted by molar-refractivity contribution is -0.310. The summed E-state index contributed by atoms with van der Waals surface area (Å²) in [6.07, 6.45) is 1.45. The molecule has 0 bridgehead atoms. The van der Waals surface area contributed by atoms with E-state index in [9.17, 15) is 19.5 Å². The maximum Gasteiger partial charge on any atom is 0.404 e. The van der Waals surface area contributed by atoms with Crippen molar-refractivity contribution in [3.8, 4) is 0 Å². The maximum atomic E-state index is 12.2. The molecule has 1 amide bonds. The van der Waals surface area contributed by atoms with E-state index < -0.39 is 23.9 Å². The second kappa shape index (κ2) is 7.00. The van der Waals surface area contributed by atoms with Crippen molar-refractivity contribution in [2.45, 2.75) is 12.5 Å². The van der Waals surface area contributed by atoms with E-state index in [0.717, 1.165) is 4.90 Å². The molecule has 1 heterocycles. The van der Waals surface area contributed by atoms with Gasteiger partial charge in [0.15, 0.2) is 0 Å². The largest absolute Gasteiger partial charge is 0.548 e. The zero-order valence-electron chi connectivity index (χ0n) is 13.1. The molecule has 0 spiro atoms. The summed E-state index contributed by atoms with van der Waals surface area (Å²) in [6, 6.07) is 16.3. The Labute approximate surface area is 143 Å². The molecule has 6 nitrogen and oxygen atoms in total. The molecule has 1 fully saturated rings. The smallest absolute Gasteiger partial charge is 0.404 e. The number of nitrogens with zero attached hydrogens (tertiary/aromatic N) is 1. The van der Waals surface area contributed by atoms with E-state index in [2.05, 4.69) is 0 Å². The first-order chi connectivity index (χ1) is 12.1. The van der Waals surface area contributed by atoms with Gasteiger partial charge in [-0.2, -0.15) is 0 Å². The van der Waals surface area contributed by atoms with Gasteiger partial charge in [-0.25, -0.2) is 4.79 Å². The third kappa shape index (κ3) is 3.58. The minimum Gasteiger partial charge on any atom is -0.548 e. The van der Waals surface area contributed by atoms with Crippen molar-refractivity contribution >= 4 is 23.9 Å². The molecule has 2 aromatic carbocycles. The molecule has 0 saturated carbocycles. The summed E-state index contributed by atoms with van der Waals surface area (Å²) < 4.78 is 4.97. The lowest BCUT2D eigenvalue weighted by Crippen LogP contribution is -2.49. The van der Waals surface area contributed by atoms with Crippen LogP contribution in [-0.4, -0.2) is 28.8 Å². The number of benzene rings is 2. The van der Waals surface area contributed by atoms with Crippen LogP contribution in [0.5, 0.6) is 0 Å². The molecule has 1 aliphatic heterocycles. The van der Waals surface area contributed by atoms with Crippen LogP contribution in [0.4, 0.5) is 0 Å². The van der Waals surface area contributed by atoms with Gasteiger partial charge in [-0.1, -0.05) is 60.7 Å². The monoisotopic (exact) mass is 336 g/mol. The lowest BCUT2D eigenvalue weighted by atomic mass is 10.0. The Bertz CT molecular complexity index is 829. The second-order valence-corrected chi connectivity index (χ2v) is 5.48. The SMILES string of the molecule is O=C1OC(=Cc2ccccc2)N(C(Cc2ccccc2)C(=O)[O-])C1=O. The summed E-state index contributed by atoms with van der Waals surface area (Å²) >= 11 is 0. The van der Waals surface area contributed by atoms with Crippen molar-refractivity contribution in [2.24, 2.45) is 0 Å². The lowest BCUT2D eigenvalue weighted by Gasteiger charge is -2.27. The highest BCUT2D eigenvalue weighted by Crippen LogP contribution is 2.24. The number of amides is 1. The number of cyclic esters (lactones) is 1. The van der Waals surface area contributed by atoms with Crippen LogP contribution in [0.2, 0.25) is 0 Å². The first-order valence-electron chi connectivity index (χ1n) is 7.63. The van der Waals surface area contributed by atoms with Gasteiger partial charge in [-0.3, -0.25) is 9.69 Å². The summed E-state index contributed by atoms with van der Waals surface area (Å²) in [7, 11) is 0. The van der Waals surface area contributed by atoms with Gasteiger partial charge < -0.3 is 14.6 Å². The third-order valence-electron chi connectivity index (χ3n) is 3.77. The Morgan fingerprint density at radius 3 is 2.24 bits per heavy atom. The van der Waals surface area contributed by atoms with Crippen molar-refractivity contribution in [3.05, 3.63) is 77.7 Å². The zero-order chi connectivity index (χ0) is 17.8. The fourth-order valence-corrected chi connectivity index (χ4v) is 2.59. The van der Waals surface area contributed by atoms with Gasteiger partial charge >= 0.3 is 11.9 Å². The molecule has 1 aliphatic rings. The molecule has 2 aromatic rings. The van der Waals surface area contributed by atoms with Gasteiger partial charge in [-0.05, 0) is 17.5 Å². The predicted octanol–water partition coefficient (Wildman–Crippen LogP) is 0.732. The standard InChI is InChI=1S/C19H15NO5/c21-17-19(24)25-16(12-14-9-5-2-6-10-14)20(17)15(18(22)23)11-13-7-3-1-4-8-13/h1-10,12,15H,11H2,(H,22,23)/p-1. The van der Waals surface area contributed by atoms with Crippen LogP contribution in [0.1, 0.15) is 11.1 Å². The molecule has 0 N–H and O–H groups in total. The highest BCUT2D eigenvalue weighted by molar-refractivity contribution is 6.35. The minimum absolute atomic E-state index is 0.00230. The molecule has 0 aromatic heterocycles. The Balaban J connectivity index is 1.96. The number of carboxylic acid groups (broad SMARTS) is 1. The summed E-state index contributed by atoms with van der Waals surface area (Å²) in [6.45, 7) is 0. The van der Waals surface area contributed by atoms with Gasteiger partial charge in [0, 0.05) is 6.08 Å². The Morgan fingerprint density at radius 1 is 1.04 bits per heavy atom. The Kier molecular flexibility index (Phi) is 4.61. The number of carbonyl (C=O) groups is 3. The number of carbonyl (C=O) groups excluding carboxylic acids is 3. The molecule has 0 radical (unpaired) electrons. The van der Waals surface area contributed by atoms with E-state index in [1.807, 2.05) is 6.07 Å². The van der Waals surface area contributed by atoms with Crippen molar-refractivity contribution in [1.82, 2.24) is 4.90 Å². The first kappa shape index (κ1) is 16.4. The molecule has 6 heteroatoms. The van der Waals surface area contributed by atoms with Gasteiger partial charge in [0.1, 0.15) is 0 Å². The van der Waals surface area contributed by atoms with Crippen LogP contribution in [0, 0.1) is 0 Å². The van der Waals surface area contributed by atoms with E-state index in [0.29, 0.717) is 11.1 Å². The molecule has 1 atom stereocenters. The third-order valence-corrected chi connectivity index (χ3v) is 3.77. The van der Waals surface area contributed by atoms with Crippen LogP contribution in [-0.2, 0) is 25.5 Å². The van der Waals surface area contributed by atoms with Crippen molar-refractivity contribution in [3.63, 3.8) is 0 Å². The molecule has 1 unspecified atom stereocenters. The van der Waals surface area contributed by atoms with Gasteiger partial charge in [0.25, 0.3) is 0 Å². The van der Waals surface area contributed by atoms with Crippen LogP contribution in [0.15, 0.2) is 66.5 Å². The predicted molar refractivity (Wildman–Crippen MR) is 86.3 cm³/mol. The van der Waals surface area contributed by atoms with Crippen LogP contribution in [0.3, 0.4) is 0 Å². The second-order valence-electron chi connectivity index (χ2n) is 5.48. The van der Waals surface area contributed by atoms with E-state index in [4.69, 9.17) is 4.74 Å². The van der Waals surface area contributed by atoms with Crippen LogP contribution < -0.4 is 5.11 Å².